The van der Waals surface area contributed by atoms with Gasteiger partial charge in [-0.3, -0.25) is 9.55 Å². The predicted octanol–water partition coefficient (Wildman–Crippen LogP) is 1.46. The fourth-order valence-electron chi connectivity index (χ4n) is 3.48. The number of nitrogens with zero attached hydrogens (tertiary/aromatic N) is 4. The van der Waals surface area contributed by atoms with Crippen LogP contribution in [-0.2, 0) is 6.67 Å². The van der Waals surface area contributed by atoms with E-state index in [1.165, 1.54) is 4.90 Å². The zero-order valence-electron chi connectivity index (χ0n) is 14.5. The Morgan fingerprint density at radius 1 is 1.19 bits per heavy atom. The molecule has 3 aromatic rings. The minimum atomic E-state index is -0.234. The summed E-state index contributed by atoms with van der Waals surface area (Å²) in [7, 11) is 0. The van der Waals surface area contributed by atoms with Crippen molar-refractivity contribution in [3.05, 3.63) is 59.6 Å². The van der Waals surface area contributed by atoms with Gasteiger partial charge in [0.1, 0.15) is 12.6 Å². The van der Waals surface area contributed by atoms with Crippen molar-refractivity contribution in [2.45, 2.75) is 25.6 Å². The van der Waals surface area contributed by atoms with Gasteiger partial charge in [-0.15, -0.1) is 5.10 Å². The number of para-hydroxylation sites is 1. The quantitative estimate of drug-likeness (QED) is 0.685. The molecule has 2 aromatic heterocycles. The summed E-state index contributed by atoms with van der Waals surface area (Å²) >= 11 is 5.76. The maximum atomic E-state index is 9.95. The molecular formula is C19H22N5OS+. The van der Waals surface area contributed by atoms with Crippen molar-refractivity contribution in [1.29, 1.82) is 0 Å². The van der Waals surface area contributed by atoms with Crippen molar-refractivity contribution in [2.75, 3.05) is 13.1 Å². The molecule has 2 atom stereocenters. The first kappa shape index (κ1) is 17.1. The van der Waals surface area contributed by atoms with Gasteiger partial charge in [-0.2, -0.15) is 4.68 Å². The minimum Gasteiger partial charge on any atom is -0.387 e. The lowest BCUT2D eigenvalue weighted by atomic mass is 10.1. The van der Waals surface area contributed by atoms with Crippen LogP contribution in [0, 0.1) is 4.77 Å². The third-order valence-electron chi connectivity index (χ3n) is 4.74. The van der Waals surface area contributed by atoms with E-state index < -0.39 is 0 Å². The van der Waals surface area contributed by atoms with Crippen LogP contribution >= 0.6 is 12.2 Å². The van der Waals surface area contributed by atoms with Crippen molar-refractivity contribution in [3.63, 3.8) is 0 Å². The van der Waals surface area contributed by atoms with E-state index in [4.69, 9.17) is 17.3 Å². The number of piperidine rings is 1. The van der Waals surface area contributed by atoms with Crippen LogP contribution in [0.5, 0.6) is 0 Å². The Morgan fingerprint density at radius 3 is 2.77 bits per heavy atom. The normalized spacial score (nSPS) is 20.2. The highest BCUT2D eigenvalue weighted by Crippen LogP contribution is 2.21. The standard InChI is InChI=1S/C19H21N5OS/c25-17-9-5-11-22(13-17)14-23-19(26)24(16-7-2-1-3-8-16)18(21-23)15-6-4-10-20-12-15/h1-4,6-8,10,12,17,25H,5,9,11,13-14H2/p+1/t17-/m0/s1. The van der Waals surface area contributed by atoms with Crippen molar-refractivity contribution in [1.82, 2.24) is 19.3 Å². The molecule has 0 saturated carbocycles. The Balaban J connectivity index is 1.77. The van der Waals surface area contributed by atoms with Crippen LogP contribution in [0.4, 0.5) is 0 Å². The Morgan fingerprint density at radius 2 is 2.04 bits per heavy atom. The van der Waals surface area contributed by atoms with E-state index in [2.05, 4.69) is 4.98 Å². The first-order valence-electron chi connectivity index (χ1n) is 8.89. The Bertz CT molecular complexity index is 922. The van der Waals surface area contributed by atoms with E-state index in [9.17, 15) is 5.11 Å². The Kier molecular flexibility index (Phi) is 4.92. The van der Waals surface area contributed by atoms with Crippen LogP contribution in [0.1, 0.15) is 12.8 Å². The average Bonchev–Trinajstić information content (AvgIpc) is 2.99. The molecule has 2 N–H and O–H groups in total. The summed E-state index contributed by atoms with van der Waals surface area (Å²) in [5.74, 6) is 0.784. The number of aromatic nitrogens is 4. The molecule has 6 nitrogen and oxygen atoms in total. The number of benzene rings is 1. The van der Waals surface area contributed by atoms with Gasteiger partial charge in [0, 0.05) is 23.6 Å². The average molecular weight is 368 g/mol. The maximum Gasteiger partial charge on any atom is 0.207 e. The summed E-state index contributed by atoms with van der Waals surface area (Å²) in [6.07, 6.45) is 5.23. The largest absolute Gasteiger partial charge is 0.387 e. The van der Waals surface area contributed by atoms with Crippen LogP contribution in [0.15, 0.2) is 54.9 Å². The van der Waals surface area contributed by atoms with E-state index in [0.29, 0.717) is 11.4 Å². The lowest BCUT2D eigenvalue weighted by Crippen LogP contribution is -3.13. The molecule has 1 saturated heterocycles. The molecule has 0 aliphatic carbocycles. The van der Waals surface area contributed by atoms with Crippen molar-refractivity contribution in [3.8, 4) is 17.1 Å². The number of aliphatic hydroxyl groups excluding tert-OH is 1. The molecule has 1 unspecified atom stereocenters. The SMILES string of the molecule is O[C@H]1CCC[NH+](Cn2nc(-c3cccnc3)n(-c3ccccc3)c2=S)C1. The summed E-state index contributed by atoms with van der Waals surface area (Å²) in [5.41, 5.74) is 1.91. The molecule has 26 heavy (non-hydrogen) atoms. The monoisotopic (exact) mass is 368 g/mol. The first-order chi connectivity index (χ1) is 12.7. The fourth-order valence-corrected chi connectivity index (χ4v) is 3.78. The molecule has 0 bridgehead atoms. The fraction of sp³-hybridized carbons (Fsp3) is 0.316. The van der Waals surface area contributed by atoms with Gasteiger partial charge in [0.25, 0.3) is 0 Å². The second-order valence-electron chi connectivity index (χ2n) is 6.68. The van der Waals surface area contributed by atoms with Gasteiger partial charge in [0.2, 0.25) is 4.77 Å². The molecule has 1 aliphatic heterocycles. The molecule has 1 aliphatic rings. The molecule has 3 heterocycles. The molecule has 1 aromatic carbocycles. The number of hydrogen-bond donors (Lipinski definition) is 2. The minimum absolute atomic E-state index is 0.234. The van der Waals surface area contributed by atoms with E-state index >= 15 is 0 Å². The number of rotatable bonds is 4. The highest BCUT2D eigenvalue weighted by atomic mass is 32.1. The van der Waals surface area contributed by atoms with Gasteiger partial charge < -0.3 is 10.0 Å². The molecule has 0 spiro atoms. The van der Waals surface area contributed by atoms with Crippen LogP contribution < -0.4 is 4.90 Å². The van der Waals surface area contributed by atoms with Gasteiger partial charge in [-0.05, 0) is 49.3 Å². The van der Waals surface area contributed by atoms with Gasteiger partial charge in [0.05, 0.1) is 6.54 Å². The van der Waals surface area contributed by atoms with Crippen molar-refractivity contribution >= 4 is 12.2 Å². The highest BCUT2D eigenvalue weighted by molar-refractivity contribution is 7.71. The van der Waals surface area contributed by atoms with Crippen LogP contribution in [0.2, 0.25) is 0 Å². The second-order valence-corrected chi connectivity index (χ2v) is 7.04. The smallest absolute Gasteiger partial charge is 0.207 e. The molecule has 1 fully saturated rings. The summed E-state index contributed by atoms with van der Waals surface area (Å²) in [5, 5.41) is 14.8. The lowest BCUT2D eigenvalue weighted by Gasteiger charge is -2.26. The van der Waals surface area contributed by atoms with Crippen LogP contribution in [-0.4, -0.2) is 43.6 Å². The first-order valence-corrected chi connectivity index (χ1v) is 9.30. The van der Waals surface area contributed by atoms with E-state index in [1.807, 2.05) is 51.7 Å². The summed E-state index contributed by atoms with van der Waals surface area (Å²) in [4.78, 5) is 5.53. The predicted molar refractivity (Wildman–Crippen MR) is 102 cm³/mol. The number of nitrogens with one attached hydrogen (secondary N) is 1. The van der Waals surface area contributed by atoms with Gasteiger partial charge in [0.15, 0.2) is 12.5 Å². The van der Waals surface area contributed by atoms with Crippen LogP contribution in [0.25, 0.3) is 17.1 Å². The number of quaternary nitrogens is 1. The topological polar surface area (TPSA) is 60.3 Å². The molecule has 0 amide bonds. The van der Waals surface area contributed by atoms with Crippen molar-refractivity contribution in [2.24, 2.45) is 0 Å². The Hall–Kier alpha value is -2.35. The third-order valence-corrected chi connectivity index (χ3v) is 5.13. The highest BCUT2D eigenvalue weighted by Gasteiger charge is 2.23. The zero-order chi connectivity index (χ0) is 17.9. The second kappa shape index (κ2) is 7.49. The van der Waals surface area contributed by atoms with Crippen molar-refractivity contribution < 1.29 is 10.0 Å². The molecule has 0 radical (unpaired) electrons. The molecule has 4 rings (SSSR count). The number of aliphatic hydroxyl groups is 1. The van der Waals surface area contributed by atoms with Gasteiger partial charge >= 0.3 is 0 Å². The molecule has 7 heteroatoms. The third kappa shape index (κ3) is 3.46. The molecule has 134 valence electrons. The van der Waals surface area contributed by atoms with E-state index in [1.54, 1.807) is 12.4 Å². The van der Waals surface area contributed by atoms with Gasteiger partial charge in [-0.1, -0.05) is 18.2 Å². The lowest BCUT2D eigenvalue weighted by molar-refractivity contribution is -0.931. The van der Waals surface area contributed by atoms with Crippen LogP contribution in [0.3, 0.4) is 0 Å². The number of hydrogen-bond acceptors (Lipinski definition) is 4. The summed E-state index contributed by atoms with van der Waals surface area (Å²) in [6.45, 7) is 2.42. The summed E-state index contributed by atoms with van der Waals surface area (Å²) < 4.78 is 4.52. The zero-order valence-corrected chi connectivity index (χ0v) is 15.3. The van der Waals surface area contributed by atoms with E-state index in [-0.39, 0.29) is 6.10 Å². The number of likely N-dealkylation sites (tertiary alicyclic amines) is 1. The summed E-state index contributed by atoms with van der Waals surface area (Å²) in [6, 6.07) is 13.9. The number of pyridine rings is 1. The van der Waals surface area contributed by atoms with E-state index in [0.717, 1.165) is 43.0 Å². The van der Waals surface area contributed by atoms with Gasteiger partial charge in [-0.25, -0.2) is 0 Å². The molecular weight excluding hydrogens is 346 g/mol. The maximum absolute atomic E-state index is 9.95. The Labute approximate surface area is 157 Å².